The standard InChI is InChI=1S/C14H15N3O3/c1-17-8-2-3-12(17)14(19)16-13(18)9-20-11-6-4-10(15)5-7-11/h2-8H,9,15H2,1H3,(H,16,18,19). The Morgan fingerprint density at radius 1 is 1.25 bits per heavy atom. The Morgan fingerprint density at radius 2 is 1.95 bits per heavy atom. The number of carbonyl (C=O) groups excluding carboxylic acids is 2. The topological polar surface area (TPSA) is 86.3 Å². The molecule has 0 fully saturated rings. The van der Waals surface area contributed by atoms with Gasteiger partial charge in [0.25, 0.3) is 11.8 Å². The van der Waals surface area contributed by atoms with Gasteiger partial charge in [-0.3, -0.25) is 14.9 Å². The normalized spacial score (nSPS) is 10.1. The maximum absolute atomic E-state index is 11.8. The van der Waals surface area contributed by atoms with Gasteiger partial charge in [0.1, 0.15) is 11.4 Å². The van der Waals surface area contributed by atoms with Crippen LogP contribution >= 0.6 is 0 Å². The fourth-order valence-electron chi connectivity index (χ4n) is 1.64. The summed E-state index contributed by atoms with van der Waals surface area (Å²) in [5.41, 5.74) is 6.55. The van der Waals surface area contributed by atoms with Crippen molar-refractivity contribution in [2.45, 2.75) is 0 Å². The highest BCUT2D eigenvalue weighted by Crippen LogP contribution is 2.12. The Kier molecular flexibility index (Phi) is 4.05. The summed E-state index contributed by atoms with van der Waals surface area (Å²) in [6, 6.07) is 10.0. The highest BCUT2D eigenvalue weighted by atomic mass is 16.5. The van der Waals surface area contributed by atoms with Gasteiger partial charge in [0.2, 0.25) is 0 Å². The van der Waals surface area contributed by atoms with E-state index in [1.807, 2.05) is 0 Å². The molecule has 0 saturated heterocycles. The van der Waals surface area contributed by atoms with Gasteiger partial charge >= 0.3 is 0 Å². The van der Waals surface area contributed by atoms with Gasteiger partial charge in [-0.05, 0) is 36.4 Å². The maximum Gasteiger partial charge on any atom is 0.274 e. The summed E-state index contributed by atoms with van der Waals surface area (Å²) in [5.74, 6) is -0.447. The van der Waals surface area contributed by atoms with Crippen molar-refractivity contribution in [3.05, 3.63) is 48.3 Å². The first-order valence-corrected chi connectivity index (χ1v) is 6.00. The number of nitrogens with one attached hydrogen (secondary N) is 1. The molecule has 0 saturated carbocycles. The highest BCUT2D eigenvalue weighted by Gasteiger charge is 2.12. The van der Waals surface area contributed by atoms with Crippen LogP contribution in [0.2, 0.25) is 0 Å². The lowest BCUT2D eigenvalue weighted by atomic mass is 10.3. The molecule has 0 unspecified atom stereocenters. The van der Waals surface area contributed by atoms with Gasteiger partial charge < -0.3 is 15.0 Å². The number of hydrogen-bond donors (Lipinski definition) is 2. The van der Waals surface area contributed by atoms with E-state index in [-0.39, 0.29) is 6.61 Å². The molecule has 2 amide bonds. The van der Waals surface area contributed by atoms with Crippen molar-refractivity contribution < 1.29 is 14.3 Å². The van der Waals surface area contributed by atoms with E-state index in [2.05, 4.69) is 5.32 Å². The predicted octanol–water partition coefficient (Wildman–Crippen LogP) is 0.943. The number of rotatable bonds is 4. The average Bonchev–Trinajstić information content (AvgIpc) is 2.84. The van der Waals surface area contributed by atoms with Crippen molar-refractivity contribution in [1.82, 2.24) is 9.88 Å². The number of benzene rings is 1. The molecule has 1 aromatic carbocycles. The summed E-state index contributed by atoms with van der Waals surface area (Å²) in [7, 11) is 1.73. The number of nitrogens with zero attached hydrogens (tertiary/aromatic N) is 1. The van der Waals surface area contributed by atoms with Crippen LogP contribution in [0.25, 0.3) is 0 Å². The lowest BCUT2D eigenvalue weighted by Gasteiger charge is -2.07. The second kappa shape index (κ2) is 5.92. The van der Waals surface area contributed by atoms with Crippen molar-refractivity contribution in [1.29, 1.82) is 0 Å². The van der Waals surface area contributed by atoms with Crippen LogP contribution in [0.15, 0.2) is 42.6 Å². The zero-order valence-corrected chi connectivity index (χ0v) is 11.0. The monoisotopic (exact) mass is 273 g/mol. The molecule has 2 aromatic rings. The third-order valence-electron chi connectivity index (χ3n) is 2.68. The minimum atomic E-state index is -0.506. The van der Waals surface area contributed by atoms with Crippen molar-refractivity contribution >= 4 is 17.5 Å². The smallest absolute Gasteiger partial charge is 0.274 e. The molecule has 1 heterocycles. The van der Waals surface area contributed by atoms with Crippen molar-refractivity contribution in [2.24, 2.45) is 7.05 Å². The van der Waals surface area contributed by atoms with Gasteiger partial charge in [-0.1, -0.05) is 0 Å². The SMILES string of the molecule is Cn1cccc1C(=O)NC(=O)COc1ccc(N)cc1. The Hall–Kier alpha value is -2.76. The number of nitrogen functional groups attached to an aromatic ring is 1. The minimum absolute atomic E-state index is 0.236. The lowest BCUT2D eigenvalue weighted by Crippen LogP contribution is -2.35. The molecule has 20 heavy (non-hydrogen) atoms. The molecule has 0 aliphatic carbocycles. The van der Waals surface area contributed by atoms with Crippen LogP contribution in [0.3, 0.4) is 0 Å². The number of amides is 2. The van der Waals surface area contributed by atoms with Crippen LogP contribution < -0.4 is 15.8 Å². The Balaban J connectivity index is 1.85. The molecular formula is C14H15N3O3. The number of imide groups is 1. The lowest BCUT2D eigenvalue weighted by molar-refractivity contribution is -0.122. The molecule has 0 bridgehead atoms. The second-order valence-corrected chi connectivity index (χ2v) is 4.24. The Bertz CT molecular complexity index is 617. The Morgan fingerprint density at radius 3 is 2.55 bits per heavy atom. The maximum atomic E-state index is 11.8. The van der Waals surface area contributed by atoms with E-state index in [4.69, 9.17) is 10.5 Å². The third-order valence-corrected chi connectivity index (χ3v) is 2.68. The van der Waals surface area contributed by atoms with Crippen LogP contribution in [0.5, 0.6) is 5.75 Å². The third kappa shape index (κ3) is 3.38. The minimum Gasteiger partial charge on any atom is -0.484 e. The van der Waals surface area contributed by atoms with E-state index >= 15 is 0 Å². The van der Waals surface area contributed by atoms with Crippen molar-refractivity contribution in [3.63, 3.8) is 0 Å². The van der Waals surface area contributed by atoms with Gasteiger partial charge in [-0.15, -0.1) is 0 Å². The average molecular weight is 273 g/mol. The molecule has 0 aliphatic rings. The molecule has 0 aliphatic heterocycles. The van der Waals surface area contributed by atoms with Gasteiger partial charge in [0.05, 0.1) is 0 Å². The molecule has 6 nitrogen and oxygen atoms in total. The number of aromatic nitrogens is 1. The van der Waals surface area contributed by atoms with Gasteiger partial charge in [-0.2, -0.15) is 0 Å². The fraction of sp³-hybridized carbons (Fsp3) is 0.143. The summed E-state index contributed by atoms with van der Waals surface area (Å²) < 4.78 is 6.87. The van der Waals surface area contributed by atoms with E-state index in [1.165, 1.54) is 0 Å². The first-order chi connectivity index (χ1) is 9.56. The van der Waals surface area contributed by atoms with E-state index < -0.39 is 11.8 Å². The van der Waals surface area contributed by atoms with Crippen LogP contribution in [0.4, 0.5) is 5.69 Å². The summed E-state index contributed by atoms with van der Waals surface area (Å²) >= 11 is 0. The summed E-state index contributed by atoms with van der Waals surface area (Å²) in [5, 5.41) is 2.26. The van der Waals surface area contributed by atoms with E-state index in [1.54, 1.807) is 54.2 Å². The fourth-order valence-corrected chi connectivity index (χ4v) is 1.64. The first kappa shape index (κ1) is 13.7. The summed E-state index contributed by atoms with van der Waals surface area (Å²) in [6.45, 7) is -0.236. The van der Waals surface area contributed by atoms with Crippen LogP contribution in [-0.4, -0.2) is 23.0 Å². The number of ether oxygens (including phenoxy) is 1. The summed E-state index contributed by atoms with van der Waals surface area (Å²) in [6.07, 6.45) is 1.73. The van der Waals surface area contributed by atoms with E-state index in [0.717, 1.165) is 0 Å². The number of carbonyl (C=O) groups is 2. The molecule has 104 valence electrons. The largest absolute Gasteiger partial charge is 0.484 e. The zero-order valence-electron chi connectivity index (χ0n) is 11.0. The highest BCUT2D eigenvalue weighted by molar-refractivity contribution is 6.04. The predicted molar refractivity (Wildman–Crippen MR) is 74.2 cm³/mol. The first-order valence-electron chi connectivity index (χ1n) is 6.00. The van der Waals surface area contributed by atoms with Crippen LogP contribution in [-0.2, 0) is 11.8 Å². The van der Waals surface area contributed by atoms with Gasteiger partial charge in [-0.25, -0.2) is 0 Å². The van der Waals surface area contributed by atoms with Gasteiger partial charge in [0, 0.05) is 18.9 Å². The number of hydrogen-bond acceptors (Lipinski definition) is 4. The molecule has 0 atom stereocenters. The van der Waals surface area contributed by atoms with Crippen LogP contribution in [0, 0.1) is 0 Å². The molecule has 0 radical (unpaired) electrons. The van der Waals surface area contributed by atoms with E-state index in [9.17, 15) is 9.59 Å². The molecule has 2 rings (SSSR count). The second-order valence-electron chi connectivity index (χ2n) is 4.24. The zero-order chi connectivity index (χ0) is 14.5. The van der Waals surface area contributed by atoms with Gasteiger partial charge in [0.15, 0.2) is 6.61 Å². The summed E-state index contributed by atoms with van der Waals surface area (Å²) in [4.78, 5) is 23.4. The number of nitrogens with two attached hydrogens (primary N) is 1. The van der Waals surface area contributed by atoms with Crippen LogP contribution in [0.1, 0.15) is 10.5 Å². The quantitative estimate of drug-likeness (QED) is 0.812. The molecule has 0 spiro atoms. The molecule has 6 heteroatoms. The van der Waals surface area contributed by atoms with Crippen molar-refractivity contribution in [3.8, 4) is 5.75 Å². The molecule has 3 N–H and O–H groups in total. The van der Waals surface area contributed by atoms with E-state index in [0.29, 0.717) is 17.1 Å². The molecular weight excluding hydrogens is 258 g/mol. The number of aryl methyl sites for hydroxylation is 1. The Labute approximate surface area is 116 Å². The number of anilines is 1. The molecule has 1 aromatic heterocycles. The van der Waals surface area contributed by atoms with Crippen molar-refractivity contribution in [2.75, 3.05) is 12.3 Å².